The summed E-state index contributed by atoms with van der Waals surface area (Å²) in [5.74, 6) is 0.375. The Bertz CT molecular complexity index is 2030. The molecule has 0 bridgehead atoms. The zero-order chi connectivity index (χ0) is 53.8. The van der Waals surface area contributed by atoms with Crippen molar-refractivity contribution in [2.24, 2.45) is 33.5 Å². The molecule has 0 unspecified atom stereocenters. The van der Waals surface area contributed by atoms with E-state index in [1.807, 2.05) is 13.8 Å². The Kier molecular flexibility index (Phi) is 16.4. The zero-order valence-electron chi connectivity index (χ0n) is 43.6. The molecule has 0 aromatic rings. The third kappa shape index (κ3) is 9.02. The normalized spacial score (nSPS) is 54.7. The van der Waals surface area contributed by atoms with Gasteiger partial charge in [0.05, 0.1) is 44.2 Å². The van der Waals surface area contributed by atoms with E-state index in [2.05, 4.69) is 27.7 Å². The lowest BCUT2D eigenvalue weighted by Crippen LogP contribution is -2.66. The lowest BCUT2D eigenvalue weighted by molar-refractivity contribution is -0.390. The van der Waals surface area contributed by atoms with E-state index in [-0.39, 0.29) is 52.2 Å². The summed E-state index contributed by atoms with van der Waals surface area (Å²) in [6.45, 7) is 12.5. The van der Waals surface area contributed by atoms with Gasteiger partial charge in [-0.3, -0.25) is 4.79 Å². The summed E-state index contributed by atoms with van der Waals surface area (Å²) in [5.41, 5.74) is 1.10. The highest BCUT2D eigenvalue weighted by atomic mass is 16.8. The first-order chi connectivity index (χ1) is 34.9. The van der Waals surface area contributed by atoms with Crippen molar-refractivity contribution < 1.29 is 109 Å². The van der Waals surface area contributed by atoms with Crippen LogP contribution in [0.3, 0.4) is 0 Å². The van der Waals surface area contributed by atoms with Crippen LogP contribution in [-0.2, 0) is 47.4 Å². The van der Waals surface area contributed by atoms with Crippen molar-refractivity contribution in [3.8, 4) is 0 Å². The Labute approximate surface area is 431 Å². The maximum atomic E-state index is 13.0. The van der Waals surface area contributed by atoms with E-state index in [4.69, 9.17) is 42.6 Å². The second-order valence-corrected chi connectivity index (χ2v) is 24.1. The van der Waals surface area contributed by atoms with Gasteiger partial charge < -0.3 is 104 Å². The first-order valence-electron chi connectivity index (χ1n) is 27.0. The van der Waals surface area contributed by atoms with Crippen LogP contribution in [0.15, 0.2) is 11.1 Å². The number of ketones is 1. The van der Waals surface area contributed by atoms with Gasteiger partial charge in [-0.2, -0.15) is 0 Å². The maximum Gasteiger partial charge on any atom is 0.187 e. The molecule has 9 aliphatic rings. The Morgan fingerprint density at radius 1 is 0.649 bits per heavy atom. The van der Waals surface area contributed by atoms with Gasteiger partial charge in [0, 0.05) is 17.3 Å². The van der Waals surface area contributed by atoms with E-state index in [1.54, 1.807) is 0 Å². The van der Waals surface area contributed by atoms with E-state index >= 15 is 0 Å². The van der Waals surface area contributed by atoms with Gasteiger partial charge >= 0.3 is 0 Å². The number of rotatable bonds is 13. The number of carbonyl (C=O) groups is 1. The highest BCUT2D eigenvalue weighted by Gasteiger charge is 2.72. The van der Waals surface area contributed by atoms with E-state index in [0.29, 0.717) is 19.3 Å². The Morgan fingerprint density at radius 3 is 1.96 bits per heavy atom. The predicted molar refractivity (Wildman–Crippen MR) is 253 cm³/mol. The van der Waals surface area contributed by atoms with Gasteiger partial charge in [0.1, 0.15) is 91.6 Å². The molecule has 22 nitrogen and oxygen atoms in total. The molecule has 0 aromatic carbocycles. The van der Waals surface area contributed by atoms with Gasteiger partial charge in [-0.25, -0.2) is 0 Å². The fraction of sp³-hybridized carbons (Fsp3) is 0.942. The maximum absolute atomic E-state index is 13.0. The number of ether oxygens (including phenoxy) is 9. The molecule has 7 fully saturated rings. The molecule has 0 amide bonds. The molecule has 22 heteroatoms. The van der Waals surface area contributed by atoms with Crippen LogP contribution in [0.2, 0.25) is 0 Å². The first-order valence-corrected chi connectivity index (χ1v) is 27.0. The molecule has 28 atom stereocenters. The zero-order valence-corrected chi connectivity index (χ0v) is 43.6. The number of fused-ring (bicyclic) bond motifs is 5. The highest BCUT2D eigenvalue weighted by Crippen LogP contribution is 2.75. The first kappa shape index (κ1) is 57.3. The second-order valence-electron chi connectivity index (χ2n) is 24.1. The molecule has 0 radical (unpaired) electrons. The molecule has 424 valence electrons. The summed E-state index contributed by atoms with van der Waals surface area (Å²) in [4.78, 5) is 13.0. The van der Waals surface area contributed by atoms with Gasteiger partial charge in [0.25, 0.3) is 0 Å². The fourth-order valence-corrected chi connectivity index (χ4v) is 15.6. The van der Waals surface area contributed by atoms with E-state index in [1.165, 1.54) is 18.1 Å². The summed E-state index contributed by atoms with van der Waals surface area (Å²) in [6.07, 6.45) is -24.8. The van der Waals surface area contributed by atoms with Gasteiger partial charge in [-0.1, -0.05) is 52.7 Å². The summed E-state index contributed by atoms with van der Waals surface area (Å²) >= 11 is 0. The lowest BCUT2D eigenvalue weighted by Gasteiger charge is -2.63. The molecule has 5 saturated heterocycles. The minimum atomic E-state index is -1.91. The summed E-state index contributed by atoms with van der Waals surface area (Å²) in [5, 5.41) is 131. The fourth-order valence-electron chi connectivity index (χ4n) is 15.6. The van der Waals surface area contributed by atoms with Crippen LogP contribution in [0.1, 0.15) is 113 Å². The molecule has 74 heavy (non-hydrogen) atoms. The average molecular weight is 1060 g/mol. The number of carbonyl (C=O) groups excluding carboxylic acids is 1. The summed E-state index contributed by atoms with van der Waals surface area (Å²) in [7, 11) is 0. The van der Waals surface area contributed by atoms with Crippen LogP contribution in [0.4, 0.5) is 0 Å². The Balaban J connectivity index is 0.892. The molecule has 5 heterocycles. The quantitative estimate of drug-likeness (QED) is 0.0940. The van der Waals surface area contributed by atoms with Crippen LogP contribution in [0.5, 0.6) is 0 Å². The van der Waals surface area contributed by atoms with E-state index < -0.39 is 148 Å². The van der Waals surface area contributed by atoms with Crippen molar-refractivity contribution in [3.05, 3.63) is 11.1 Å². The molecule has 9 rings (SSSR count). The van der Waals surface area contributed by atoms with Crippen molar-refractivity contribution in [1.82, 2.24) is 0 Å². The summed E-state index contributed by atoms with van der Waals surface area (Å²) in [6, 6.07) is 0. The van der Waals surface area contributed by atoms with Crippen LogP contribution in [-0.4, -0.2) is 228 Å². The van der Waals surface area contributed by atoms with Gasteiger partial charge in [0.2, 0.25) is 0 Å². The standard InChI is InChI=1S/C52H84O22/c1-8-26(55)28-17-22(2)52(74-28)16-15-50(6)25-9-10-31-48(4,24(25)11-14-51(50,52)7)13-12-32(49(31,5)21-54)71-45-41(65)38(62)36(60)30(70-45)20-67-46-42(34(58)27(56)19-66-46)73-47-43(39(63)35(59)29(18-53)69-47)72-44-40(64)37(61)33(57)23(3)68-44/h22-23,27-47,53-54,56-65H,8-21H2,1-7H3/t22-,23+,27-,28+,29-,30-,31-,32+,33+,34-,35-,36-,37-,38+,39+,40-,41-,42+,43-,44+,45+,46-,47+,48-,49-,50+,51+,52+/m1/s1. The number of hydrogen-bond donors (Lipinski definition) is 12. The number of hydrogen-bond acceptors (Lipinski definition) is 22. The second kappa shape index (κ2) is 21.2. The van der Waals surface area contributed by atoms with Crippen LogP contribution in [0.25, 0.3) is 0 Å². The minimum Gasteiger partial charge on any atom is -0.396 e. The smallest absolute Gasteiger partial charge is 0.187 e. The molecule has 5 aliphatic heterocycles. The number of Topliss-reactive ketones (excluding diaryl/α,β-unsaturated/α-hetero) is 1. The molecular weight excluding hydrogens is 977 g/mol. The molecule has 2 saturated carbocycles. The SMILES string of the molecule is CCC(=O)[C@@H]1C[C@@H](C)[C@]2(CC[C@@]3(C)C4=C(CC[C@@]32C)[C@@]2(C)CC[C@H](O[C@@H]3O[C@H](CO[C@H]5OC[C@@H](O)[C@@H](O)[C@@H]5O[C@@H]5O[C@H](CO)[C@@H](O)[C@H](O)[C@H]5O[C@@H]5O[C@@H](C)[C@H](O)[C@@H](O)[C@H]5O)[C@@H](O)[C@H](O)[C@H]3O)[C@](C)(CO)[C@@H]2CC4)O1. The monoisotopic (exact) mass is 1060 g/mol. The topological polar surface area (TPSA) is 343 Å². The minimum absolute atomic E-state index is 0.0370. The van der Waals surface area contributed by atoms with Gasteiger partial charge in [-0.15, -0.1) is 0 Å². The molecule has 12 N–H and O–H groups in total. The van der Waals surface area contributed by atoms with E-state index in [9.17, 15) is 66.1 Å². The molecule has 4 aliphatic carbocycles. The third-order valence-electron chi connectivity index (χ3n) is 20.5. The van der Waals surface area contributed by atoms with Crippen molar-refractivity contribution in [1.29, 1.82) is 0 Å². The highest BCUT2D eigenvalue weighted by molar-refractivity contribution is 5.83. The van der Waals surface area contributed by atoms with Crippen molar-refractivity contribution in [2.45, 2.75) is 247 Å². The Hall–Kier alpha value is -1.43. The van der Waals surface area contributed by atoms with Crippen molar-refractivity contribution >= 4 is 5.78 Å². The average Bonchev–Trinajstić information content (AvgIpc) is 3.86. The third-order valence-corrected chi connectivity index (χ3v) is 20.5. The van der Waals surface area contributed by atoms with Crippen LogP contribution in [0, 0.1) is 33.5 Å². The molecule has 1 spiro atoms. The predicted octanol–water partition coefficient (Wildman–Crippen LogP) is -1.44. The largest absolute Gasteiger partial charge is 0.396 e. The van der Waals surface area contributed by atoms with Gasteiger partial charge in [0.15, 0.2) is 30.9 Å². The summed E-state index contributed by atoms with van der Waals surface area (Å²) < 4.78 is 54.7. The number of aliphatic hydroxyl groups is 12. The number of allylic oxidation sites excluding steroid dienone is 2. The van der Waals surface area contributed by atoms with Crippen molar-refractivity contribution in [2.75, 3.05) is 26.4 Å². The van der Waals surface area contributed by atoms with Crippen LogP contribution >= 0.6 is 0 Å². The number of aliphatic hydroxyl groups excluding tert-OH is 12. The van der Waals surface area contributed by atoms with E-state index in [0.717, 1.165) is 44.9 Å². The van der Waals surface area contributed by atoms with Crippen molar-refractivity contribution in [3.63, 3.8) is 0 Å². The lowest BCUT2D eigenvalue weighted by atomic mass is 9.42. The van der Waals surface area contributed by atoms with Gasteiger partial charge in [-0.05, 0) is 87.4 Å². The van der Waals surface area contributed by atoms with Crippen LogP contribution < -0.4 is 0 Å². The molecule has 0 aromatic heterocycles. The molecular formula is C52H84O22. The Morgan fingerprint density at radius 2 is 1.28 bits per heavy atom.